The third kappa shape index (κ3) is 4.29. The van der Waals surface area contributed by atoms with Crippen LogP contribution in [0.2, 0.25) is 0 Å². The largest absolute Gasteiger partial charge is 0.243 e. The van der Waals surface area contributed by atoms with Gasteiger partial charge in [0.25, 0.3) is 0 Å². The van der Waals surface area contributed by atoms with Crippen molar-refractivity contribution in [2.45, 2.75) is 11.8 Å². The molecule has 1 aliphatic rings. The first-order chi connectivity index (χ1) is 14.5. The first-order valence-corrected chi connectivity index (χ1v) is 12.3. The highest BCUT2D eigenvalue weighted by Crippen LogP contribution is 2.38. The second-order valence-electron chi connectivity index (χ2n) is 7.25. The highest BCUT2D eigenvalue weighted by molar-refractivity contribution is 14.1. The van der Waals surface area contributed by atoms with E-state index in [0.29, 0.717) is 18.0 Å². The van der Waals surface area contributed by atoms with Crippen molar-refractivity contribution in [3.05, 3.63) is 113 Å². The predicted octanol–water partition coefficient (Wildman–Crippen LogP) is 5.93. The van der Waals surface area contributed by atoms with Crippen molar-refractivity contribution in [2.24, 2.45) is 0 Å². The normalized spacial score (nSPS) is 16.8. The molecule has 0 radical (unpaired) electrons. The van der Waals surface area contributed by atoms with E-state index >= 15 is 0 Å². The Labute approximate surface area is 191 Å². The van der Waals surface area contributed by atoms with E-state index in [2.05, 4.69) is 46.9 Å². The van der Waals surface area contributed by atoms with E-state index in [-0.39, 0.29) is 0 Å². The van der Waals surface area contributed by atoms with Crippen LogP contribution in [-0.4, -0.2) is 25.8 Å². The Bertz CT molecular complexity index is 1200. The summed E-state index contributed by atoms with van der Waals surface area (Å²) in [6.07, 6.45) is 2.03. The summed E-state index contributed by atoms with van der Waals surface area (Å²) in [6, 6.07) is 27.3. The van der Waals surface area contributed by atoms with Crippen molar-refractivity contribution < 1.29 is 8.42 Å². The second-order valence-corrected chi connectivity index (χ2v) is 10.3. The summed E-state index contributed by atoms with van der Waals surface area (Å²) in [4.78, 5) is 0.332. The fourth-order valence-corrected chi connectivity index (χ4v) is 5.71. The molecule has 5 heteroatoms. The first kappa shape index (κ1) is 21.0. The summed E-state index contributed by atoms with van der Waals surface area (Å²) < 4.78 is 29.3. The van der Waals surface area contributed by atoms with Gasteiger partial charge in [-0.15, -0.1) is 0 Å². The third-order valence-corrected chi connectivity index (χ3v) is 8.29. The standard InChI is InChI=1S/C25H22INO2S/c1-19-12-14-22(15-13-19)30(28,29)27-17-16-23(20-8-4-2-5-9-20)24(18-27)25(26)21-10-6-3-7-11-21/h2-16H,17-18H2,1H3/b25-24-. The van der Waals surface area contributed by atoms with Gasteiger partial charge in [0.1, 0.15) is 0 Å². The van der Waals surface area contributed by atoms with Gasteiger partial charge in [0.05, 0.1) is 4.90 Å². The van der Waals surface area contributed by atoms with Gasteiger partial charge in [-0.2, -0.15) is 4.31 Å². The lowest BCUT2D eigenvalue weighted by Crippen LogP contribution is -2.36. The Hall–Kier alpha value is -2.22. The van der Waals surface area contributed by atoms with E-state index in [9.17, 15) is 8.42 Å². The molecule has 0 spiro atoms. The van der Waals surface area contributed by atoms with Gasteiger partial charge < -0.3 is 0 Å². The van der Waals surface area contributed by atoms with Crippen LogP contribution >= 0.6 is 22.6 Å². The van der Waals surface area contributed by atoms with Gasteiger partial charge >= 0.3 is 0 Å². The van der Waals surface area contributed by atoms with E-state index in [1.165, 1.54) is 0 Å². The van der Waals surface area contributed by atoms with Crippen LogP contribution in [0.5, 0.6) is 0 Å². The molecule has 0 fully saturated rings. The van der Waals surface area contributed by atoms with E-state index in [4.69, 9.17) is 0 Å². The Morgan fingerprint density at radius 3 is 2.10 bits per heavy atom. The molecule has 0 bridgehead atoms. The molecule has 30 heavy (non-hydrogen) atoms. The van der Waals surface area contributed by atoms with Crippen LogP contribution < -0.4 is 0 Å². The van der Waals surface area contributed by atoms with Crippen LogP contribution in [0.15, 0.2) is 101 Å². The SMILES string of the molecule is Cc1ccc(S(=O)(=O)N2CC=C(c3ccccc3)/C(=C(\I)c3ccccc3)C2)cc1. The van der Waals surface area contributed by atoms with Gasteiger partial charge in [-0.3, -0.25) is 0 Å². The summed E-state index contributed by atoms with van der Waals surface area (Å²) in [5, 5.41) is 0. The maximum atomic E-state index is 13.3. The average Bonchev–Trinajstić information content (AvgIpc) is 2.79. The molecular formula is C25H22INO2S. The molecule has 3 aromatic carbocycles. The van der Waals surface area contributed by atoms with E-state index < -0.39 is 10.0 Å². The van der Waals surface area contributed by atoms with Gasteiger partial charge in [0, 0.05) is 16.7 Å². The minimum Gasteiger partial charge on any atom is -0.207 e. The third-order valence-electron chi connectivity index (χ3n) is 5.19. The number of hydrogen-bond donors (Lipinski definition) is 0. The summed E-state index contributed by atoms with van der Waals surface area (Å²) in [6.45, 7) is 2.64. The molecule has 0 atom stereocenters. The molecular weight excluding hydrogens is 505 g/mol. The molecule has 0 aliphatic carbocycles. The Kier molecular flexibility index (Phi) is 6.22. The minimum absolute atomic E-state index is 0.332. The highest BCUT2D eigenvalue weighted by Gasteiger charge is 2.30. The molecule has 1 heterocycles. The van der Waals surface area contributed by atoms with Crippen LogP contribution in [0.25, 0.3) is 9.15 Å². The van der Waals surface area contributed by atoms with Gasteiger partial charge in [0.15, 0.2) is 0 Å². The second kappa shape index (κ2) is 8.88. The monoisotopic (exact) mass is 527 g/mol. The molecule has 4 rings (SSSR count). The van der Waals surface area contributed by atoms with E-state index in [0.717, 1.165) is 31.4 Å². The number of halogens is 1. The predicted molar refractivity (Wildman–Crippen MR) is 132 cm³/mol. The molecule has 0 unspecified atom stereocenters. The zero-order valence-corrected chi connectivity index (χ0v) is 19.6. The van der Waals surface area contributed by atoms with Gasteiger partial charge in [-0.1, -0.05) is 84.4 Å². The smallest absolute Gasteiger partial charge is 0.207 e. The van der Waals surface area contributed by atoms with Crippen LogP contribution in [0, 0.1) is 6.92 Å². The Balaban J connectivity index is 1.80. The van der Waals surface area contributed by atoms with Crippen molar-refractivity contribution >= 4 is 41.8 Å². The molecule has 0 amide bonds. The summed E-state index contributed by atoms with van der Waals surface area (Å²) in [7, 11) is -3.58. The highest BCUT2D eigenvalue weighted by atomic mass is 127. The fourth-order valence-electron chi connectivity index (χ4n) is 3.54. The molecule has 0 saturated carbocycles. The van der Waals surface area contributed by atoms with Crippen LogP contribution in [0.4, 0.5) is 0 Å². The topological polar surface area (TPSA) is 37.4 Å². The van der Waals surface area contributed by atoms with Crippen LogP contribution in [0.3, 0.4) is 0 Å². The zero-order chi connectivity index (χ0) is 21.1. The number of benzene rings is 3. The molecule has 3 nitrogen and oxygen atoms in total. The fraction of sp³-hybridized carbons (Fsp3) is 0.120. The Morgan fingerprint density at radius 1 is 0.867 bits per heavy atom. The van der Waals surface area contributed by atoms with Gasteiger partial charge in [-0.25, -0.2) is 8.42 Å². The summed E-state index contributed by atoms with van der Waals surface area (Å²) in [5.41, 5.74) is 5.35. The minimum atomic E-state index is -3.58. The molecule has 0 aromatic heterocycles. The molecule has 0 N–H and O–H groups in total. The zero-order valence-electron chi connectivity index (χ0n) is 16.6. The van der Waals surface area contributed by atoms with Crippen molar-refractivity contribution in [1.29, 1.82) is 0 Å². The number of nitrogens with zero attached hydrogens (tertiary/aromatic N) is 1. The van der Waals surface area contributed by atoms with Crippen LogP contribution in [-0.2, 0) is 10.0 Å². The molecule has 0 saturated heterocycles. The first-order valence-electron chi connectivity index (χ1n) is 9.73. The van der Waals surface area contributed by atoms with Crippen molar-refractivity contribution in [1.82, 2.24) is 4.31 Å². The van der Waals surface area contributed by atoms with Crippen molar-refractivity contribution in [3.63, 3.8) is 0 Å². The summed E-state index contributed by atoms with van der Waals surface area (Å²) in [5.74, 6) is 0. The lowest BCUT2D eigenvalue weighted by Gasteiger charge is -2.29. The number of aryl methyl sites for hydroxylation is 1. The molecule has 3 aromatic rings. The number of rotatable bonds is 4. The molecule has 152 valence electrons. The maximum absolute atomic E-state index is 13.3. The lowest BCUT2D eigenvalue weighted by atomic mass is 9.93. The lowest BCUT2D eigenvalue weighted by molar-refractivity contribution is 0.465. The number of hydrogen-bond acceptors (Lipinski definition) is 2. The summed E-state index contributed by atoms with van der Waals surface area (Å²) >= 11 is 2.34. The average molecular weight is 527 g/mol. The molecule has 1 aliphatic heterocycles. The van der Waals surface area contributed by atoms with Crippen molar-refractivity contribution in [2.75, 3.05) is 13.1 Å². The van der Waals surface area contributed by atoms with Gasteiger partial charge in [-0.05, 0) is 63.9 Å². The quantitative estimate of drug-likeness (QED) is 0.395. The Morgan fingerprint density at radius 2 is 1.47 bits per heavy atom. The van der Waals surface area contributed by atoms with Crippen molar-refractivity contribution in [3.8, 4) is 0 Å². The van der Waals surface area contributed by atoms with E-state index in [1.54, 1.807) is 16.4 Å². The van der Waals surface area contributed by atoms with Crippen LogP contribution in [0.1, 0.15) is 16.7 Å². The van der Waals surface area contributed by atoms with Gasteiger partial charge in [0.2, 0.25) is 10.0 Å². The van der Waals surface area contributed by atoms with E-state index in [1.807, 2.05) is 61.5 Å². The number of sulfonamides is 1. The maximum Gasteiger partial charge on any atom is 0.243 e.